The Hall–Kier alpha value is -2.82. The van der Waals surface area contributed by atoms with E-state index in [9.17, 15) is 14.7 Å². The van der Waals surface area contributed by atoms with Crippen LogP contribution in [0, 0.1) is 0 Å². The Morgan fingerprint density at radius 1 is 1.04 bits per heavy atom. The smallest absolute Gasteiger partial charge is 0.326 e. The number of hydrogen-bond acceptors (Lipinski definition) is 3. The highest BCUT2D eigenvalue weighted by Gasteiger charge is 2.22. The van der Waals surface area contributed by atoms with Crippen molar-refractivity contribution in [2.45, 2.75) is 32.2 Å². The number of carbonyl (C=O) groups excluding carboxylic acids is 1. The van der Waals surface area contributed by atoms with Gasteiger partial charge in [-0.15, -0.1) is 0 Å². The highest BCUT2D eigenvalue weighted by molar-refractivity contribution is 5.98. The van der Waals surface area contributed by atoms with Crippen LogP contribution < -0.4 is 10.6 Å². The lowest BCUT2D eigenvalue weighted by molar-refractivity contribution is -0.139. The molecule has 1 unspecified atom stereocenters. The Kier molecular flexibility index (Phi) is 6.17. The molecule has 0 saturated carbocycles. The van der Waals surface area contributed by atoms with E-state index in [1.54, 1.807) is 12.1 Å². The molecule has 2 aromatic carbocycles. The van der Waals surface area contributed by atoms with Crippen LogP contribution in [0.4, 0.5) is 5.69 Å². The van der Waals surface area contributed by atoms with Gasteiger partial charge < -0.3 is 15.7 Å². The molecule has 0 spiro atoms. The van der Waals surface area contributed by atoms with Crippen LogP contribution >= 0.6 is 0 Å². The maximum Gasteiger partial charge on any atom is 0.326 e. The molecular formula is C20H24N2O3. The second-order valence-electron chi connectivity index (χ2n) is 6.26. The number of amides is 1. The zero-order valence-corrected chi connectivity index (χ0v) is 14.7. The van der Waals surface area contributed by atoms with E-state index in [0.717, 1.165) is 16.8 Å². The van der Waals surface area contributed by atoms with Crippen molar-refractivity contribution < 1.29 is 14.7 Å². The van der Waals surface area contributed by atoms with Crippen LogP contribution in [0.2, 0.25) is 0 Å². The third kappa shape index (κ3) is 4.83. The SMILES string of the molecule is CNc1ccc(CC(NC(=O)c2ccccc2C(C)C)C(=O)O)cc1. The van der Waals surface area contributed by atoms with Crippen LogP contribution in [0.5, 0.6) is 0 Å². The van der Waals surface area contributed by atoms with Crippen molar-refractivity contribution >= 4 is 17.6 Å². The first kappa shape index (κ1) is 18.5. The molecule has 0 aliphatic heterocycles. The lowest BCUT2D eigenvalue weighted by Crippen LogP contribution is -2.42. The summed E-state index contributed by atoms with van der Waals surface area (Å²) in [7, 11) is 1.82. The molecular weight excluding hydrogens is 316 g/mol. The highest BCUT2D eigenvalue weighted by Crippen LogP contribution is 2.19. The van der Waals surface area contributed by atoms with Crippen molar-refractivity contribution in [2.75, 3.05) is 12.4 Å². The van der Waals surface area contributed by atoms with Crippen LogP contribution in [-0.2, 0) is 11.2 Å². The predicted molar refractivity (Wildman–Crippen MR) is 99.1 cm³/mol. The molecule has 2 rings (SSSR count). The number of benzene rings is 2. The van der Waals surface area contributed by atoms with E-state index in [1.165, 1.54) is 0 Å². The Morgan fingerprint density at radius 2 is 1.68 bits per heavy atom. The average molecular weight is 340 g/mol. The summed E-state index contributed by atoms with van der Waals surface area (Å²) in [6.07, 6.45) is 0.231. The van der Waals surface area contributed by atoms with Gasteiger partial charge in [-0.25, -0.2) is 4.79 Å². The normalized spacial score (nSPS) is 11.8. The van der Waals surface area contributed by atoms with Gasteiger partial charge in [0.2, 0.25) is 0 Å². The van der Waals surface area contributed by atoms with Crippen LogP contribution in [0.1, 0.15) is 41.3 Å². The van der Waals surface area contributed by atoms with Gasteiger partial charge in [0, 0.05) is 24.7 Å². The van der Waals surface area contributed by atoms with E-state index < -0.39 is 12.0 Å². The van der Waals surface area contributed by atoms with E-state index in [2.05, 4.69) is 10.6 Å². The highest BCUT2D eigenvalue weighted by atomic mass is 16.4. The summed E-state index contributed by atoms with van der Waals surface area (Å²) < 4.78 is 0. The van der Waals surface area contributed by atoms with Crippen molar-refractivity contribution in [3.8, 4) is 0 Å². The summed E-state index contributed by atoms with van der Waals surface area (Å²) in [5, 5.41) is 15.1. The Balaban J connectivity index is 2.16. The van der Waals surface area contributed by atoms with Crippen LogP contribution in [-0.4, -0.2) is 30.1 Å². The monoisotopic (exact) mass is 340 g/mol. The molecule has 0 saturated heterocycles. The number of aliphatic carboxylic acids is 1. The topological polar surface area (TPSA) is 78.4 Å². The fourth-order valence-electron chi connectivity index (χ4n) is 2.69. The first-order valence-electron chi connectivity index (χ1n) is 8.31. The van der Waals surface area contributed by atoms with Gasteiger partial charge in [0.15, 0.2) is 0 Å². The van der Waals surface area contributed by atoms with E-state index in [1.807, 2.05) is 57.3 Å². The van der Waals surface area contributed by atoms with Crippen molar-refractivity contribution in [3.05, 3.63) is 65.2 Å². The third-order valence-electron chi connectivity index (χ3n) is 4.11. The van der Waals surface area contributed by atoms with Gasteiger partial charge in [0.05, 0.1) is 0 Å². The third-order valence-corrected chi connectivity index (χ3v) is 4.11. The maximum atomic E-state index is 12.6. The Morgan fingerprint density at radius 3 is 2.24 bits per heavy atom. The molecule has 25 heavy (non-hydrogen) atoms. The van der Waals surface area contributed by atoms with Gasteiger partial charge in [-0.05, 0) is 35.2 Å². The summed E-state index contributed by atoms with van der Waals surface area (Å²) in [6, 6.07) is 13.8. The maximum absolute atomic E-state index is 12.6. The summed E-state index contributed by atoms with van der Waals surface area (Å²) in [4.78, 5) is 24.2. The number of carboxylic acid groups (broad SMARTS) is 1. The van der Waals surface area contributed by atoms with Gasteiger partial charge >= 0.3 is 5.97 Å². The molecule has 0 aromatic heterocycles. The van der Waals surface area contributed by atoms with Gasteiger partial charge in [-0.2, -0.15) is 0 Å². The van der Waals surface area contributed by atoms with E-state index >= 15 is 0 Å². The fourth-order valence-corrected chi connectivity index (χ4v) is 2.69. The van der Waals surface area contributed by atoms with Crippen molar-refractivity contribution in [1.82, 2.24) is 5.32 Å². The minimum atomic E-state index is -1.05. The standard InChI is InChI=1S/C20H24N2O3/c1-13(2)16-6-4-5-7-17(16)19(23)22-18(20(24)25)12-14-8-10-15(21-3)11-9-14/h4-11,13,18,21H,12H2,1-3H3,(H,22,23)(H,24,25). The van der Waals surface area contributed by atoms with E-state index in [0.29, 0.717) is 5.56 Å². The molecule has 132 valence electrons. The van der Waals surface area contributed by atoms with E-state index in [-0.39, 0.29) is 18.2 Å². The zero-order chi connectivity index (χ0) is 18.4. The number of carboxylic acids is 1. The second-order valence-corrected chi connectivity index (χ2v) is 6.26. The molecule has 1 amide bonds. The lowest BCUT2D eigenvalue weighted by atomic mass is 9.96. The Bertz CT molecular complexity index is 739. The molecule has 0 aliphatic rings. The number of anilines is 1. The first-order chi connectivity index (χ1) is 11.9. The molecule has 0 fully saturated rings. The molecule has 5 heteroatoms. The lowest BCUT2D eigenvalue weighted by Gasteiger charge is -2.17. The zero-order valence-electron chi connectivity index (χ0n) is 14.7. The van der Waals surface area contributed by atoms with Gasteiger partial charge in [-0.3, -0.25) is 4.79 Å². The summed E-state index contributed by atoms with van der Waals surface area (Å²) in [6.45, 7) is 4.01. The second kappa shape index (κ2) is 8.33. The van der Waals surface area contributed by atoms with E-state index in [4.69, 9.17) is 0 Å². The number of rotatable bonds is 7. The number of nitrogens with one attached hydrogen (secondary N) is 2. The van der Waals surface area contributed by atoms with Crippen molar-refractivity contribution in [2.24, 2.45) is 0 Å². The number of carbonyl (C=O) groups is 2. The average Bonchev–Trinajstić information content (AvgIpc) is 2.61. The quantitative estimate of drug-likeness (QED) is 0.723. The van der Waals surface area contributed by atoms with Crippen molar-refractivity contribution in [3.63, 3.8) is 0 Å². The molecule has 5 nitrogen and oxygen atoms in total. The molecule has 0 bridgehead atoms. The largest absolute Gasteiger partial charge is 0.480 e. The minimum Gasteiger partial charge on any atom is -0.480 e. The minimum absolute atomic E-state index is 0.180. The first-order valence-corrected chi connectivity index (χ1v) is 8.31. The van der Waals surface area contributed by atoms with Gasteiger partial charge in [0.1, 0.15) is 6.04 Å². The summed E-state index contributed by atoms with van der Waals surface area (Å²) >= 11 is 0. The fraction of sp³-hybridized carbons (Fsp3) is 0.300. The molecule has 0 radical (unpaired) electrons. The summed E-state index contributed by atoms with van der Waals surface area (Å²) in [5.74, 6) is -1.23. The summed E-state index contributed by atoms with van der Waals surface area (Å²) in [5.41, 5.74) is 3.23. The van der Waals surface area contributed by atoms with Crippen LogP contribution in [0.3, 0.4) is 0 Å². The molecule has 1 atom stereocenters. The Labute approximate surface area is 148 Å². The molecule has 3 N–H and O–H groups in total. The molecule has 2 aromatic rings. The van der Waals surface area contributed by atoms with Crippen LogP contribution in [0.15, 0.2) is 48.5 Å². The van der Waals surface area contributed by atoms with Crippen LogP contribution in [0.25, 0.3) is 0 Å². The molecule has 0 heterocycles. The van der Waals surface area contributed by atoms with Gasteiger partial charge in [-0.1, -0.05) is 44.2 Å². The number of hydrogen-bond donors (Lipinski definition) is 3. The predicted octanol–water partition coefficient (Wildman–Crippen LogP) is 3.28. The van der Waals surface area contributed by atoms with Gasteiger partial charge in [0.25, 0.3) is 5.91 Å². The van der Waals surface area contributed by atoms with Crippen molar-refractivity contribution in [1.29, 1.82) is 0 Å². The molecule has 0 aliphatic carbocycles.